The number of anilines is 1. The first kappa shape index (κ1) is 16.7. The van der Waals surface area contributed by atoms with Crippen LogP contribution in [-0.2, 0) is 16.6 Å². The third-order valence-corrected chi connectivity index (χ3v) is 6.20. The van der Waals surface area contributed by atoms with Gasteiger partial charge in [-0.2, -0.15) is 0 Å². The number of hydrogen-bond donors (Lipinski definition) is 1. The van der Waals surface area contributed by atoms with Crippen molar-refractivity contribution in [1.29, 1.82) is 0 Å². The Balaban J connectivity index is 1.85. The third-order valence-electron chi connectivity index (χ3n) is 4.58. The average Bonchev–Trinajstić information content (AvgIpc) is 3.11. The molecular weight excluding hydrogens is 350 g/mol. The Labute approximate surface area is 151 Å². The largest absolute Gasteiger partial charge is 0.360 e. The molecule has 0 aliphatic carbocycles. The van der Waals surface area contributed by atoms with Gasteiger partial charge in [0.1, 0.15) is 5.69 Å². The summed E-state index contributed by atoms with van der Waals surface area (Å²) in [5.74, 6) is 0.277. The molecule has 0 saturated heterocycles. The molecule has 6 nitrogen and oxygen atoms in total. The molecule has 134 valence electrons. The summed E-state index contributed by atoms with van der Waals surface area (Å²) in [5, 5.41) is 5.85. The lowest BCUT2D eigenvalue weighted by Gasteiger charge is -2.08. The fourth-order valence-electron chi connectivity index (χ4n) is 3.52. The van der Waals surface area contributed by atoms with Crippen LogP contribution in [0.2, 0.25) is 0 Å². The summed E-state index contributed by atoms with van der Waals surface area (Å²) in [6.45, 7) is 6.14. The molecule has 0 fully saturated rings. The summed E-state index contributed by atoms with van der Waals surface area (Å²) in [5.41, 5.74) is 3.07. The Morgan fingerprint density at radius 2 is 1.81 bits per heavy atom. The smallest absolute Gasteiger partial charge is 0.267 e. The lowest BCUT2D eigenvalue weighted by atomic mass is 10.1. The Bertz CT molecular complexity index is 1220. The lowest BCUT2D eigenvalue weighted by molar-refractivity contribution is 0.390. The highest BCUT2D eigenvalue weighted by Gasteiger charge is 2.24. The summed E-state index contributed by atoms with van der Waals surface area (Å²) < 4.78 is 35.4. The number of para-hydroxylation sites is 1. The van der Waals surface area contributed by atoms with Crippen molar-refractivity contribution in [3.05, 3.63) is 53.9 Å². The van der Waals surface area contributed by atoms with Crippen LogP contribution in [0.3, 0.4) is 0 Å². The molecule has 2 aromatic carbocycles. The van der Waals surface area contributed by atoms with Gasteiger partial charge in [-0.25, -0.2) is 8.42 Å². The molecule has 0 aliphatic rings. The topological polar surface area (TPSA) is 77.1 Å². The maximum Gasteiger partial charge on any atom is 0.267 e. The van der Waals surface area contributed by atoms with Crippen LogP contribution in [0.25, 0.3) is 21.8 Å². The number of rotatable bonds is 4. The van der Waals surface area contributed by atoms with Crippen LogP contribution in [0, 0.1) is 13.8 Å². The van der Waals surface area contributed by atoms with Crippen LogP contribution in [-0.4, -0.2) is 18.1 Å². The van der Waals surface area contributed by atoms with Crippen molar-refractivity contribution in [2.75, 3.05) is 4.72 Å². The highest BCUT2D eigenvalue weighted by molar-refractivity contribution is 7.92. The van der Waals surface area contributed by atoms with Gasteiger partial charge in [0, 0.05) is 34.0 Å². The first-order chi connectivity index (χ1) is 12.4. The van der Waals surface area contributed by atoms with Crippen molar-refractivity contribution in [2.24, 2.45) is 0 Å². The predicted octanol–water partition coefficient (Wildman–Crippen LogP) is 4.22. The van der Waals surface area contributed by atoms with Crippen LogP contribution in [0.4, 0.5) is 5.69 Å². The molecule has 0 unspecified atom stereocenters. The van der Waals surface area contributed by atoms with Crippen molar-refractivity contribution < 1.29 is 12.9 Å². The van der Waals surface area contributed by atoms with E-state index in [1.807, 2.05) is 24.3 Å². The van der Waals surface area contributed by atoms with E-state index in [-0.39, 0.29) is 10.7 Å². The first-order valence-electron chi connectivity index (χ1n) is 8.39. The van der Waals surface area contributed by atoms with Crippen molar-refractivity contribution in [3.8, 4) is 0 Å². The van der Waals surface area contributed by atoms with Gasteiger partial charge in [0.15, 0.2) is 10.7 Å². The van der Waals surface area contributed by atoms with Crippen molar-refractivity contribution in [1.82, 2.24) is 9.72 Å². The zero-order valence-electron chi connectivity index (χ0n) is 14.8. The van der Waals surface area contributed by atoms with Gasteiger partial charge in [-0.3, -0.25) is 4.72 Å². The molecule has 4 aromatic rings. The average molecular weight is 369 g/mol. The minimum absolute atomic E-state index is 0.0913. The molecule has 2 aromatic heterocycles. The van der Waals surface area contributed by atoms with Crippen molar-refractivity contribution >= 4 is 37.5 Å². The van der Waals surface area contributed by atoms with Gasteiger partial charge >= 0.3 is 0 Å². The molecule has 1 N–H and O–H groups in total. The number of aryl methyl sites for hydroxylation is 3. The summed E-state index contributed by atoms with van der Waals surface area (Å²) in [7, 11) is -3.77. The predicted molar refractivity (Wildman–Crippen MR) is 102 cm³/mol. The van der Waals surface area contributed by atoms with Crippen molar-refractivity contribution in [3.63, 3.8) is 0 Å². The molecule has 7 heteroatoms. The molecule has 0 radical (unpaired) electrons. The van der Waals surface area contributed by atoms with E-state index in [4.69, 9.17) is 4.52 Å². The van der Waals surface area contributed by atoms with Gasteiger partial charge in [-0.15, -0.1) is 0 Å². The normalized spacial score (nSPS) is 12.1. The van der Waals surface area contributed by atoms with Gasteiger partial charge in [-0.05, 0) is 45.0 Å². The number of aromatic nitrogens is 2. The second-order valence-electron chi connectivity index (χ2n) is 6.25. The molecule has 0 saturated carbocycles. The number of sulfonamides is 1. The van der Waals surface area contributed by atoms with Gasteiger partial charge in [0.05, 0.1) is 0 Å². The zero-order valence-corrected chi connectivity index (χ0v) is 15.6. The summed E-state index contributed by atoms with van der Waals surface area (Å²) in [4.78, 5) is 0.0913. The number of nitrogens with one attached hydrogen (secondary N) is 1. The highest BCUT2D eigenvalue weighted by atomic mass is 32.2. The molecule has 4 rings (SSSR count). The maximum absolute atomic E-state index is 12.7. The van der Waals surface area contributed by atoms with E-state index in [1.165, 1.54) is 0 Å². The fourth-order valence-corrected chi connectivity index (χ4v) is 4.90. The highest BCUT2D eigenvalue weighted by Crippen LogP contribution is 2.32. The number of hydrogen-bond acceptors (Lipinski definition) is 4. The lowest BCUT2D eigenvalue weighted by Crippen LogP contribution is -2.14. The van der Waals surface area contributed by atoms with Crippen molar-refractivity contribution in [2.45, 2.75) is 32.2 Å². The molecule has 0 amide bonds. The second kappa shape index (κ2) is 5.88. The Morgan fingerprint density at radius 1 is 1.08 bits per heavy atom. The SMILES string of the molecule is CCn1c2ccccc2c2cc(NS(=O)(=O)c3c(C)noc3C)ccc21. The molecule has 2 heterocycles. The Hall–Kier alpha value is -2.80. The maximum atomic E-state index is 12.7. The fraction of sp³-hybridized carbons (Fsp3) is 0.211. The van der Waals surface area contributed by atoms with E-state index in [9.17, 15) is 8.42 Å². The first-order valence-corrected chi connectivity index (χ1v) is 9.87. The third kappa shape index (κ3) is 2.47. The Morgan fingerprint density at radius 3 is 2.50 bits per heavy atom. The van der Waals surface area contributed by atoms with E-state index in [2.05, 4.69) is 33.5 Å². The second-order valence-corrected chi connectivity index (χ2v) is 7.87. The van der Waals surface area contributed by atoms with Crippen LogP contribution in [0.15, 0.2) is 51.9 Å². The minimum atomic E-state index is -3.77. The van der Waals surface area contributed by atoms with Gasteiger partial charge < -0.3 is 9.09 Å². The number of benzene rings is 2. The van der Waals surface area contributed by atoms with Gasteiger partial charge in [0.25, 0.3) is 10.0 Å². The van der Waals surface area contributed by atoms with E-state index >= 15 is 0 Å². The van der Waals surface area contributed by atoms with Gasteiger partial charge in [-0.1, -0.05) is 23.4 Å². The Kier molecular flexibility index (Phi) is 3.77. The molecule has 0 atom stereocenters. The number of nitrogens with zero attached hydrogens (tertiary/aromatic N) is 2. The van der Waals surface area contributed by atoms with Crippen LogP contribution < -0.4 is 4.72 Å². The molecule has 26 heavy (non-hydrogen) atoms. The monoisotopic (exact) mass is 369 g/mol. The van der Waals surface area contributed by atoms with Crippen LogP contribution >= 0.6 is 0 Å². The summed E-state index contributed by atoms with van der Waals surface area (Å²) in [6.07, 6.45) is 0. The molecule has 0 bridgehead atoms. The molecular formula is C19H19N3O3S. The standard InChI is InChI=1S/C19H19N3O3S/c1-4-22-17-8-6-5-7-15(17)16-11-14(9-10-18(16)22)21-26(23,24)19-12(2)20-25-13(19)3/h5-11,21H,4H2,1-3H3. The zero-order chi connectivity index (χ0) is 18.5. The van der Waals surface area contributed by atoms with Crippen LogP contribution in [0.5, 0.6) is 0 Å². The minimum Gasteiger partial charge on any atom is -0.360 e. The molecule has 0 aliphatic heterocycles. The molecule has 0 spiro atoms. The van der Waals surface area contributed by atoms with E-state index < -0.39 is 10.0 Å². The van der Waals surface area contributed by atoms with E-state index in [0.717, 1.165) is 28.4 Å². The summed E-state index contributed by atoms with van der Waals surface area (Å²) >= 11 is 0. The van der Waals surface area contributed by atoms with E-state index in [1.54, 1.807) is 19.9 Å². The van der Waals surface area contributed by atoms with E-state index in [0.29, 0.717) is 11.4 Å². The summed E-state index contributed by atoms with van der Waals surface area (Å²) in [6, 6.07) is 13.7. The van der Waals surface area contributed by atoms with Crippen LogP contribution in [0.1, 0.15) is 18.4 Å². The van der Waals surface area contributed by atoms with Gasteiger partial charge in [0.2, 0.25) is 0 Å². The quantitative estimate of drug-likeness (QED) is 0.584. The number of fused-ring (bicyclic) bond motifs is 3.